The number of hydrogen-bond donors (Lipinski definition) is 2. The summed E-state index contributed by atoms with van der Waals surface area (Å²) in [5.41, 5.74) is 4.19. The van der Waals surface area contributed by atoms with Crippen molar-refractivity contribution in [3.63, 3.8) is 0 Å². The fraction of sp³-hybridized carbons (Fsp3) is 0.154. The van der Waals surface area contributed by atoms with Crippen LogP contribution in [0.2, 0.25) is 0 Å². The molecule has 0 aliphatic rings. The second-order valence-electron chi connectivity index (χ2n) is 3.95. The fourth-order valence-electron chi connectivity index (χ4n) is 1.80. The summed E-state index contributed by atoms with van der Waals surface area (Å²) in [5.74, 6) is 5.23. The van der Waals surface area contributed by atoms with Crippen molar-refractivity contribution in [3.05, 3.63) is 64.1 Å². The van der Waals surface area contributed by atoms with Gasteiger partial charge in [0.15, 0.2) is 0 Å². The molecule has 0 aliphatic heterocycles. The summed E-state index contributed by atoms with van der Waals surface area (Å²) < 4.78 is 14.6. The maximum absolute atomic E-state index is 13.8. The van der Waals surface area contributed by atoms with Gasteiger partial charge >= 0.3 is 0 Å². The normalized spacial score (nSPS) is 12.4. The van der Waals surface area contributed by atoms with Crippen molar-refractivity contribution in [1.29, 1.82) is 0 Å². The molecule has 94 valence electrons. The fourth-order valence-corrected chi connectivity index (χ4v) is 2.13. The number of pyridine rings is 1. The number of nitrogens with one attached hydrogen (secondary N) is 1. The van der Waals surface area contributed by atoms with Gasteiger partial charge in [-0.05, 0) is 30.2 Å². The maximum atomic E-state index is 13.8. The molecule has 0 radical (unpaired) electrons. The summed E-state index contributed by atoms with van der Waals surface area (Å²) in [6.45, 7) is 0. The molecule has 2 aromatic rings. The molecule has 0 bridgehead atoms. The zero-order valence-corrected chi connectivity index (χ0v) is 11.2. The van der Waals surface area contributed by atoms with Gasteiger partial charge in [0.1, 0.15) is 5.82 Å². The van der Waals surface area contributed by atoms with Gasteiger partial charge in [-0.2, -0.15) is 0 Å². The van der Waals surface area contributed by atoms with Gasteiger partial charge in [0.25, 0.3) is 0 Å². The van der Waals surface area contributed by atoms with Crippen molar-refractivity contribution in [3.8, 4) is 0 Å². The number of benzene rings is 1. The van der Waals surface area contributed by atoms with Crippen LogP contribution in [0.1, 0.15) is 17.2 Å². The third-order valence-electron chi connectivity index (χ3n) is 2.70. The third kappa shape index (κ3) is 3.13. The van der Waals surface area contributed by atoms with Crippen molar-refractivity contribution < 1.29 is 4.39 Å². The second-order valence-corrected chi connectivity index (χ2v) is 4.87. The first-order chi connectivity index (χ1) is 8.70. The first-order valence-electron chi connectivity index (χ1n) is 5.50. The lowest BCUT2D eigenvalue weighted by Gasteiger charge is -2.17. The lowest BCUT2D eigenvalue weighted by atomic mass is 10.00. The standard InChI is InChI=1S/C13H13BrFN3/c14-10-3-4-11(12(15)7-10)13(18-16)6-9-2-1-5-17-8-9/h1-5,7-8,13,18H,6,16H2. The van der Waals surface area contributed by atoms with Gasteiger partial charge in [-0.25, -0.2) is 4.39 Å². The van der Waals surface area contributed by atoms with Gasteiger partial charge in [-0.1, -0.05) is 28.1 Å². The van der Waals surface area contributed by atoms with Crippen LogP contribution in [-0.2, 0) is 6.42 Å². The molecule has 0 amide bonds. The Balaban J connectivity index is 2.23. The van der Waals surface area contributed by atoms with E-state index in [-0.39, 0.29) is 11.9 Å². The molecule has 5 heteroatoms. The molecule has 3 nitrogen and oxygen atoms in total. The molecule has 1 heterocycles. The number of nitrogens with two attached hydrogens (primary N) is 1. The summed E-state index contributed by atoms with van der Waals surface area (Å²) in [7, 11) is 0. The summed E-state index contributed by atoms with van der Waals surface area (Å²) in [6, 6.07) is 8.46. The molecular weight excluding hydrogens is 297 g/mol. The van der Waals surface area contributed by atoms with Crippen molar-refractivity contribution in [2.45, 2.75) is 12.5 Å². The summed E-state index contributed by atoms with van der Waals surface area (Å²) in [6.07, 6.45) is 4.04. The number of halogens is 2. The predicted molar refractivity (Wildman–Crippen MR) is 72.1 cm³/mol. The minimum atomic E-state index is -0.281. The van der Waals surface area contributed by atoms with Crippen LogP contribution in [0.4, 0.5) is 4.39 Å². The summed E-state index contributed by atoms with van der Waals surface area (Å²) in [4.78, 5) is 4.03. The van der Waals surface area contributed by atoms with E-state index in [9.17, 15) is 4.39 Å². The lowest BCUT2D eigenvalue weighted by Crippen LogP contribution is -2.30. The van der Waals surface area contributed by atoms with Crippen LogP contribution >= 0.6 is 15.9 Å². The molecule has 0 fully saturated rings. The van der Waals surface area contributed by atoms with Gasteiger partial charge < -0.3 is 0 Å². The van der Waals surface area contributed by atoms with Gasteiger partial charge in [-0.3, -0.25) is 16.3 Å². The highest BCUT2D eigenvalue weighted by Crippen LogP contribution is 2.23. The zero-order chi connectivity index (χ0) is 13.0. The van der Waals surface area contributed by atoms with Gasteiger partial charge in [0, 0.05) is 22.4 Å². The van der Waals surface area contributed by atoms with Crippen LogP contribution in [0.15, 0.2) is 47.2 Å². The lowest BCUT2D eigenvalue weighted by molar-refractivity contribution is 0.510. The highest BCUT2D eigenvalue weighted by Gasteiger charge is 2.15. The van der Waals surface area contributed by atoms with Crippen LogP contribution < -0.4 is 11.3 Å². The molecule has 0 spiro atoms. The molecule has 0 aliphatic carbocycles. The monoisotopic (exact) mass is 309 g/mol. The molecule has 3 N–H and O–H groups in total. The van der Waals surface area contributed by atoms with E-state index in [2.05, 4.69) is 26.3 Å². The number of aromatic nitrogens is 1. The molecule has 0 saturated heterocycles. The topological polar surface area (TPSA) is 50.9 Å². The van der Waals surface area contributed by atoms with Gasteiger partial charge in [-0.15, -0.1) is 0 Å². The van der Waals surface area contributed by atoms with Crippen molar-refractivity contribution >= 4 is 15.9 Å². The van der Waals surface area contributed by atoms with Crippen molar-refractivity contribution in [2.24, 2.45) is 5.84 Å². The van der Waals surface area contributed by atoms with Crippen LogP contribution in [0.5, 0.6) is 0 Å². The first-order valence-corrected chi connectivity index (χ1v) is 6.30. The summed E-state index contributed by atoms with van der Waals surface area (Å²) in [5, 5.41) is 0. The second kappa shape index (κ2) is 6.04. The van der Waals surface area contributed by atoms with Crippen LogP contribution in [0.25, 0.3) is 0 Å². The van der Waals surface area contributed by atoms with Crippen LogP contribution in [-0.4, -0.2) is 4.98 Å². The van der Waals surface area contributed by atoms with Crippen LogP contribution in [0, 0.1) is 5.82 Å². The Morgan fingerprint density at radius 1 is 1.39 bits per heavy atom. The zero-order valence-electron chi connectivity index (χ0n) is 9.61. The Labute approximate surface area is 113 Å². The SMILES string of the molecule is NNC(Cc1cccnc1)c1ccc(Br)cc1F. The molecule has 0 saturated carbocycles. The Hall–Kier alpha value is -1.30. The van der Waals surface area contributed by atoms with Crippen molar-refractivity contribution in [2.75, 3.05) is 0 Å². The molecule has 1 aromatic carbocycles. The van der Waals surface area contributed by atoms with E-state index in [0.29, 0.717) is 16.5 Å². The molecular formula is C13H13BrFN3. The molecule has 1 unspecified atom stereocenters. The molecule has 2 rings (SSSR count). The number of hydrogen-bond acceptors (Lipinski definition) is 3. The minimum Gasteiger partial charge on any atom is -0.271 e. The quantitative estimate of drug-likeness (QED) is 0.674. The van der Waals surface area contributed by atoms with E-state index in [1.807, 2.05) is 12.1 Å². The maximum Gasteiger partial charge on any atom is 0.129 e. The van der Waals surface area contributed by atoms with Gasteiger partial charge in [0.2, 0.25) is 0 Å². The smallest absolute Gasteiger partial charge is 0.129 e. The van der Waals surface area contributed by atoms with E-state index < -0.39 is 0 Å². The van der Waals surface area contributed by atoms with E-state index in [4.69, 9.17) is 5.84 Å². The molecule has 1 atom stereocenters. The molecule has 18 heavy (non-hydrogen) atoms. The van der Waals surface area contributed by atoms with E-state index in [1.165, 1.54) is 6.07 Å². The van der Waals surface area contributed by atoms with Gasteiger partial charge in [0.05, 0.1) is 6.04 Å². The Bertz CT molecular complexity index is 519. The average Bonchev–Trinajstić information content (AvgIpc) is 2.38. The van der Waals surface area contributed by atoms with E-state index in [1.54, 1.807) is 24.5 Å². The first kappa shape index (κ1) is 13.1. The number of nitrogens with zero attached hydrogens (tertiary/aromatic N) is 1. The Kier molecular flexibility index (Phi) is 4.41. The van der Waals surface area contributed by atoms with Crippen molar-refractivity contribution in [1.82, 2.24) is 10.4 Å². The highest BCUT2D eigenvalue weighted by atomic mass is 79.9. The number of hydrazine groups is 1. The largest absolute Gasteiger partial charge is 0.271 e. The highest BCUT2D eigenvalue weighted by molar-refractivity contribution is 9.10. The van der Waals surface area contributed by atoms with Crippen LogP contribution in [0.3, 0.4) is 0 Å². The average molecular weight is 310 g/mol. The third-order valence-corrected chi connectivity index (χ3v) is 3.19. The van der Waals surface area contributed by atoms with E-state index in [0.717, 1.165) is 5.56 Å². The minimum absolute atomic E-state index is 0.276. The van der Waals surface area contributed by atoms with E-state index >= 15 is 0 Å². The predicted octanol–water partition coefficient (Wildman–Crippen LogP) is 2.73. The Morgan fingerprint density at radius 3 is 2.83 bits per heavy atom. The number of rotatable bonds is 4. The molecule has 1 aromatic heterocycles. The summed E-state index contributed by atoms with van der Waals surface area (Å²) >= 11 is 3.23. The Morgan fingerprint density at radius 2 is 2.22 bits per heavy atom.